The summed E-state index contributed by atoms with van der Waals surface area (Å²) in [4.78, 5) is 17.1. The molecule has 7 nitrogen and oxygen atoms in total. The van der Waals surface area contributed by atoms with Crippen LogP contribution in [0.25, 0.3) is 10.2 Å². The molecule has 8 heteroatoms. The SMILES string of the molecule is Cn1nc(N2CCN(C[C@H]3C[C@H]3OC(=O)N[C@H]3CC[C@H](C)CC3)CC2)c2sccc21. The Morgan fingerprint density at radius 3 is 2.77 bits per heavy atom. The number of anilines is 1. The Kier molecular flexibility index (Phi) is 5.62. The van der Waals surface area contributed by atoms with Crippen molar-refractivity contribution in [1.82, 2.24) is 20.0 Å². The van der Waals surface area contributed by atoms with E-state index < -0.39 is 0 Å². The number of nitrogens with zero attached hydrogens (tertiary/aromatic N) is 4. The highest BCUT2D eigenvalue weighted by Gasteiger charge is 2.42. The summed E-state index contributed by atoms with van der Waals surface area (Å²) >= 11 is 1.78. The molecule has 1 amide bonds. The van der Waals surface area contributed by atoms with Crippen LogP contribution >= 0.6 is 11.3 Å². The summed E-state index contributed by atoms with van der Waals surface area (Å²) in [6, 6.07) is 2.45. The topological polar surface area (TPSA) is 62.6 Å². The summed E-state index contributed by atoms with van der Waals surface area (Å²) in [7, 11) is 2.02. The number of piperazine rings is 1. The van der Waals surface area contributed by atoms with Crippen molar-refractivity contribution in [2.24, 2.45) is 18.9 Å². The first-order valence-electron chi connectivity index (χ1n) is 11.4. The van der Waals surface area contributed by atoms with E-state index in [9.17, 15) is 4.79 Å². The van der Waals surface area contributed by atoms with Gasteiger partial charge in [-0.2, -0.15) is 5.10 Å². The minimum absolute atomic E-state index is 0.104. The number of aryl methyl sites for hydroxylation is 1. The van der Waals surface area contributed by atoms with Crippen LogP contribution in [0.4, 0.5) is 10.6 Å². The molecule has 2 atom stereocenters. The van der Waals surface area contributed by atoms with E-state index in [1.165, 1.54) is 23.1 Å². The number of nitrogens with one attached hydrogen (secondary N) is 1. The number of hydrogen-bond donors (Lipinski definition) is 1. The third kappa shape index (κ3) is 4.30. The van der Waals surface area contributed by atoms with Crippen molar-refractivity contribution in [2.75, 3.05) is 37.6 Å². The van der Waals surface area contributed by atoms with E-state index in [1.807, 2.05) is 11.7 Å². The predicted molar refractivity (Wildman–Crippen MR) is 120 cm³/mol. The van der Waals surface area contributed by atoms with Crippen LogP contribution in [-0.2, 0) is 11.8 Å². The number of fused-ring (bicyclic) bond motifs is 1. The average Bonchev–Trinajstić information content (AvgIpc) is 3.13. The lowest BCUT2D eigenvalue weighted by Crippen LogP contribution is -2.47. The van der Waals surface area contributed by atoms with Crippen molar-refractivity contribution >= 4 is 33.5 Å². The largest absolute Gasteiger partial charge is 0.446 e. The number of amides is 1. The third-order valence-electron chi connectivity index (χ3n) is 7.06. The smallest absolute Gasteiger partial charge is 0.407 e. The molecule has 2 aromatic rings. The van der Waals surface area contributed by atoms with Crippen molar-refractivity contribution in [2.45, 2.75) is 51.2 Å². The van der Waals surface area contributed by atoms with Crippen LogP contribution < -0.4 is 10.2 Å². The van der Waals surface area contributed by atoms with Gasteiger partial charge in [0.05, 0.1) is 10.2 Å². The van der Waals surface area contributed by atoms with E-state index in [4.69, 9.17) is 9.84 Å². The van der Waals surface area contributed by atoms with Crippen LogP contribution in [0.1, 0.15) is 39.0 Å². The Morgan fingerprint density at radius 1 is 1.23 bits per heavy atom. The maximum absolute atomic E-state index is 12.2. The number of aromatic nitrogens is 2. The molecular formula is C22H33N5O2S. The molecule has 3 aliphatic rings. The molecule has 0 radical (unpaired) electrons. The van der Waals surface area contributed by atoms with Gasteiger partial charge in [-0.3, -0.25) is 9.58 Å². The van der Waals surface area contributed by atoms with Crippen molar-refractivity contribution in [1.29, 1.82) is 0 Å². The number of rotatable bonds is 5. The molecule has 1 N–H and O–H groups in total. The summed E-state index contributed by atoms with van der Waals surface area (Å²) in [6.45, 7) is 7.41. The van der Waals surface area contributed by atoms with E-state index in [1.54, 1.807) is 11.3 Å². The van der Waals surface area contributed by atoms with Crippen molar-refractivity contribution in [3.05, 3.63) is 11.4 Å². The first-order valence-corrected chi connectivity index (χ1v) is 12.3. The molecule has 0 spiro atoms. The molecule has 5 rings (SSSR count). The lowest BCUT2D eigenvalue weighted by Gasteiger charge is -2.35. The zero-order chi connectivity index (χ0) is 20.7. The Hall–Kier alpha value is -1.80. The van der Waals surface area contributed by atoms with Gasteiger partial charge in [0.2, 0.25) is 0 Å². The molecule has 0 bridgehead atoms. The standard InChI is InChI=1S/C22H33N5O2S/c1-15-3-5-17(6-4-15)23-22(28)29-19-13-16(19)14-26-8-10-27(11-9-26)21-20-18(7-12-30-20)25(2)24-21/h7,12,15-17,19H,3-6,8-11,13-14H2,1-2H3,(H,23,28)/t15-,16-,17-,19-/m1/s1. The van der Waals surface area contributed by atoms with Crippen LogP contribution in [0.3, 0.4) is 0 Å². The molecule has 0 aromatic carbocycles. The zero-order valence-corrected chi connectivity index (χ0v) is 18.9. The molecule has 30 heavy (non-hydrogen) atoms. The molecule has 1 aliphatic heterocycles. The normalized spacial score (nSPS) is 29.9. The fourth-order valence-corrected chi connectivity index (χ4v) is 5.87. The van der Waals surface area contributed by atoms with Crippen molar-refractivity contribution in [3.63, 3.8) is 0 Å². The maximum Gasteiger partial charge on any atom is 0.407 e. The fourth-order valence-electron chi connectivity index (χ4n) is 4.95. The molecular weight excluding hydrogens is 398 g/mol. The summed E-state index contributed by atoms with van der Waals surface area (Å²) in [6.07, 6.45) is 5.49. The highest BCUT2D eigenvalue weighted by molar-refractivity contribution is 7.17. The second-order valence-corrected chi connectivity index (χ2v) is 10.3. The van der Waals surface area contributed by atoms with Gasteiger partial charge in [-0.15, -0.1) is 11.3 Å². The predicted octanol–water partition coefficient (Wildman–Crippen LogP) is 3.45. The third-order valence-corrected chi connectivity index (χ3v) is 7.96. The van der Waals surface area contributed by atoms with Gasteiger partial charge in [0, 0.05) is 51.7 Å². The van der Waals surface area contributed by atoms with Gasteiger partial charge in [-0.05, 0) is 49.5 Å². The Labute approximate surface area is 182 Å². The highest BCUT2D eigenvalue weighted by atomic mass is 32.1. The summed E-state index contributed by atoms with van der Waals surface area (Å²) in [5.74, 6) is 2.41. The van der Waals surface area contributed by atoms with E-state index in [2.05, 4.69) is 33.5 Å². The first kappa shape index (κ1) is 20.1. The molecule has 2 aliphatic carbocycles. The number of ether oxygens (including phenoxy) is 1. The number of hydrogen-bond acceptors (Lipinski definition) is 6. The molecule has 2 aromatic heterocycles. The first-order chi connectivity index (χ1) is 14.6. The Bertz CT molecular complexity index is 879. The Balaban J connectivity index is 1.04. The van der Waals surface area contributed by atoms with Crippen LogP contribution in [0.2, 0.25) is 0 Å². The molecule has 0 unspecified atom stereocenters. The average molecular weight is 432 g/mol. The van der Waals surface area contributed by atoms with Gasteiger partial charge in [0.25, 0.3) is 0 Å². The van der Waals surface area contributed by atoms with Gasteiger partial charge in [-0.25, -0.2) is 4.79 Å². The molecule has 3 heterocycles. The van der Waals surface area contributed by atoms with Gasteiger partial charge < -0.3 is 15.0 Å². The summed E-state index contributed by atoms with van der Waals surface area (Å²) in [5, 5.41) is 9.97. The summed E-state index contributed by atoms with van der Waals surface area (Å²) in [5.41, 5.74) is 1.22. The molecule has 164 valence electrons. The second kappa shape index (κ2) is 8.38. The lowest BCUT2D eigenvalue weighted by molar-refractivity contribution is 0.120. The minimum Gasteiger partial charge on any atom is -0.446 e. The maximum atomic E-state index is 12.2. The van der Waals surface area contributed by atoms with Crippen LogP contribution in [0.5, 0.6) is 0 Å². The van der Waals surface area contributed by atoms with Gasteiger partial charge in [0.15, 0.2) is 5.82 Å². The highest BCUT2D eigenvalue weighted by Crippen LogP contribution is 2.36. The fraction of sp³-hybridized carbons (Fsp3) is 0.727. The quantitative estimate of drug-likeness (QED) is 0.786. The van der Waals surface area contributed by atoms with Crippen molar-refractivity contribution in [3.8, 4) is 0 Å². The monoisotopic (exact) mass is 431 g/mol. The number of alkyl carbamates (subject to hydrolysis) is 1. The zero-order valence-electron chi connectivity index (χ0n) is 18.0. The molecule has 3 fully saturated rings. The van der Waals surface area contributed by atoms with Crippen molar-refractivity contribution < 1.29 is 9.53 Å². The molecule has 1 saturated heterocycles. The van der Waals surface area contributed by atoms with Gasteiger partial charge >= 0.3 is 6.09 Å². The van der Waals surface area contributed by atoms with Gasteiger partial charge in [-0.1, -0.05) is 6.92 Å². The number of carbonyl (C=O) groups is 1. The van der Waals surface area contributed by atoms with E-state index >= 15 is 0 Å². The van der Waals surface area contributed by atoms with Gasteiger partial charge in [0.1, 0.15) is 6.10 Å². The van der Waals surface area contributed by atoms with E-state index in [0.717, 1.165) is 63.7 Å². The minimum atomic E-state index is -0.206. The lowest BCUT2D eigenvalue weighted by atomic mass is 9.87. The summed E-state index contributed by atoms with van der Waals surface area (Å²) < 4.78 is 8.96. The number of thiophene rings is 1. The Morgan fingerprint density at radius 2 is 2.00 bits per heavy atom. The number of carbonyl (C=O) groups excluding carboxylic acids is 1. The van der Waals surface area contributed by atoms with E-state index in [-0.39, 0.29) is 12.2 Å². The molecule has 2 saturated carbocycles. The second-order valence-electron chi connectivity index (χ2n) is 9.41. The van der Waals surface area contributed by atoms with Crippen LogP contribution in [0, 0.1) is 11.8 Å². The van der Waals surface area contributed by atoms with Crippen LogP contribution in [0.15, 0.2) is 11.4 Å². The van der Waals surface area contributed by atoms with Crippen LogP contribution in [-0.4, -0.2) is 65.6 Å². The van der Waals surface area contributed by atoms with E-state index in [0.29, 0.717) is 12.0 Å².